The highest BCUT2D eigenvalue weighted by Crippen LogP contribution is 2.22. The Bertz CT molecular complexity index is 803. The highest BCUT2D eigenvalue weighted by atomic mass is 16.5. The van der Waals surface area contributed by atoms with Crippen molar-refractivity contribution in [1.82, 2.24) is 20.6 Å². The number of rotatable bonds is 9. The Kier molecular flexibility index (Phi) is 8.29. The van der Waals surface area contributed by atoms with Crippen molar-refractivity contribution in [2.24, 2.45) is 0 Å². The van der Waals surface area contributed by atoms with Gasteiger partial charge in [0.25, 0.3) is 0 Å². The SMILES string of the molecule is O=C(C[C@@H]1CC[C@H](NC(=O)Cc2ccccn2)[C@H](CO)O1)NCCc1ccncc1. The van der Waals surface area contributed by atoms with E-state index in [0.29, 0.717) is 25.1 Å². The third-order valence-corrected chi connectivity index (χ3v) is 5.11. The molecule has 3 heterocycles. The van der Waals surface area contributed by atoms with E-state index in [-0.39, 0.29) is 43.4 Å². The summed E-state index contributed by atoms with van der Waals surface area (Å²) in [6.07, 6.45) is 6.75. The molecule has 3 atom stereocenters. The zero-order valence-electron chi connectivity index (χ0n) is 16.9. The van der Waals surface area contributed by atoms with Crippen molar-refractivity contribution in [2.75, 3.05) is 13.2 Å². The van der Waals surface area contributed by atoms with Gasteiger partial charge in [-0.25, -0.2) is 0 Å². The predicted molar refractivity (Wildman–Crippen MR) is 110 cm³/mol. The fraction of sp³-hybridized carbons (Fsp3) is 0.455. The Hall–Kier alpha value is -2.84. The Morgan fingerprint density at radius 3 is 2.67 bits per heavy atom. The Morgan fingerprint density at radius 1 is 1.10 bits per heavy atom. The van der Waals surface area contributed by atoms with Crippen molar-refractivity contribution in [1.29, 1.82) is 0 Å². The molecule has 2 aromatic heterocycles. The van der Waals surface area contributed by atoms with Crippen LogP contribution in [0.1, 0.15) is 30.5 Å². The number of hydrogen-bond acceptors (Lipinski definition) is 6. The van der Waals surface area contributed by atoms with Gasteiger partial charge in [-0.2, -0.15) is 0 Å². The van der Waals surface area contributed by atoms with E-state index in [4.69, 9.17) is 4.74 Å². The van der Waals surface area contributed by atoms with E-state index in [1.54, 1.807) is 30.7 Å². The summed E-state index contributed by atoms with van der Waals surface area (Å²) >= 11 is 0. The molecule has 30 heavy (non-hydrogen) atoms. The number of aliphatic hydroxyl groups is 1. The minimum atomic E-state index is -0.527. The number of aromatic nitrogens is 2. The number of ether oxygens (including phenoxy) is 1. The molecule has 160 valence electrons. The third kappa shape index (κ3) is 6.89. The molecular formula is C22H28N4O4. The molecule has 8 nitrogen and oxygen atoms in total. The minimum Gasteiger partial charge on any atom is -0.394 e. The average molecular weight is 412 g/mol. The summed E-state index contributed by atoms with van der Waals surface area (Å²) in [6.45, 7) is 0.333. The van der Waals surface area contributed by atoms with E-state index < -0.39 is 6.10 Å². The molecule has 1 aliphatic rings. The van der Waals surface area contributed by atoms with E-state index in [1.807, 2.05) is 18.2 Å². The lowest BCUT2D eigenvalue weighted by Crippen LogP contribution is -2.51. The molecule has 2 amide bonds. The van der Waals surface area contributed by atoms with Gasteiger partial charge in [0.05, 0.1) is 31.6 Å². The van der Waals surface area contributed by atoms with Gasteiger partial charge in [0.2, 0.25) is 11.8 Å². The van der Waals surface area contributed by atoms with Gasteiger partial charge in [-0.3, -0.25) is 19.6 Å². The van der Waals surface area contributed by atoms with Crippen LogP contribution in [0.2, 0.25) is 0 Å². The Balaban J connectivity index is 1.40. The molecule has 1 saturated heterocycles. The lowest BCUT2D eigenvalue weighted by molar-refractivity contribution is -0.135. The van der Waals surface area contributed by atoms with Crippen molar-refractivity contribution in [3.63, 3.8) is 0 Å². The van der Waals surface area contributed by atoms with Gasteiger partial charge in [0.15, 0.2) is 0 Å². The van der Waals surface area contributed by atoms with Gasteiger partial charge in [-0.15, -0.1) is 0 Å². The van der Waals surface area contributed by atoms with Crippen molar-refractivity contribution >= 4 is 11.8 Å². The number of pyridine rings is 2. The quantitative estimate of drug-likeness (QED) is 0.561. The smallest absolute Gasteiger partial charge is 0.226 e. The first-order valence-corrected chi connectivity index (χ1v) is 10.2. The summed E-state index contributed by atoms with van der Waals surface area (Å²) in [6, 6.07) is 8.99. The monoisotopic (exact) mass is 412 g/mol. The number of nitrogens with zero attached hydrogens (tertiary/aromatic N) is 2. The summed E-state index contributed by atoms with van der Waals surface area (Å²) in [5.41, 5.74) is 1.80. The standard InChI is InChI=1S/C22H28N4O4/c27-15-20-19(26-22(29)13-17-3-1-2-9-24-17)5-4-18(30-20)14-21(28)25-12-8-16-6-10-23-11-7-16/h1-3,6-7,9-11,18-20,27H,4-5,8,12-15H2,(H,25,28)(H,26,29)/t18-,19-,20-/m0/s1. The summed E-state index contributed by atoms with van der Waals surface area (Å²) in [5.74, 6) is -0.239. The second-order valence-electron chi connectivity index (χ2n) is 7.39. The van der Waals surface area contributed by atoms with Crippen molar-refractivity contribution in [3.05, 3.63) is 60.2 Å². The zero-order valence-corrected chi connectivity index (χ0v) is 16.9. The maximum Gasteiger partial charge on any atom is 0.226 e. The van der Waals surface area contributed by atoms with Gasteiger partial charge in [0.1, 0.15) is 6.10 Å². The van der Waals surface area contributed by atoms with Crippen LogP contribution in [0.15, 0.2) is 48.9 Å². The molecule has 0 saturated carbocycles. The summed E-state index contributed by atoms with van der Waals surface area (Å²) in [7, 11) is 0. The number of amides is 2. The molecule has 0 bridgehead atoms. The van der Waals surface area contributed by atoms with Crippen molar-refractivity contribution < 1.29 is 19.4 Å². The molecule has 0 spiro atoms. The van der Waals surface area contributed by atoms with Crippen molar-refractivity contribution in [3.8, 4) is 0 Å². The van der Waals surface area contributed by atoms with Crippen LogP contribution in [0.5, 0.6) is 0 Å². The van der Waals surface area contributed by atoms with Crippen LogP contribution in [-0.4, -0.2) is 58.3 Å². The number of carbonyl (C=O) groups is 2. The molecule has 3 N–H and O–H groups in total. The van der Waals surface area contributed by atoms with Crippen LogP contribution in [0, 0.1) is 0 Å². The number of hydrogen-bond donors (Lipinski definition) is 3. The topological polar surface area (TPSA) is 113 Å². The van der Waals surface area contributed by atoms with E-state index in [0.717, 1.165) is 12.0 Å². The van der Waals surface area contributed by atoms with Crippen LogP contribution in [0.4, 0.5) is 0 Å². The van der Waals surface area contributed by atoms with Crippen LogP contribution < -0.4 is 10.6 Å². The van der Waals surface area contributed by atoms with Crippen LogP contribution in [0.25, 0.3) is 0 Å². The van der Waals surface area contributed by atoms with Gasteiger partial charge in [0, 0.05) is 30.8 Å². The molecule has 2 aromatic rings. The van der Waals surface area contributed by atoms with Crippen LogP contribution >= 0.6 is 0 Å². The number of carbonyl (C=O) groups excluding carboxylic acids is 2. The van der Waals surface area contributed by atoms with E-state index in [2.05, 4.69) is 20.6 Å². The molecule has 0 unspecified atom stereocenters. The lowest BCUT2D eigenvalue weighted by atomic mass is 9.96. The van der Waals surface area contributed by atoms with Crippen LogP contribution in [0.3, 0.4) is 0 Å². The predicted octanol–water partition coefficient (Wildman–Crippen LogP) is 0.793. The first kappa shape index (κ1) is 21.9. The number of nitrogens with one attached hydrogen (secondary N) is 2. The van der Waals surface area contributed by atoms with E-state index >= 15 is 0 Å². The molecule has 1 fully saturated rings. The second-order valence-corrected chi connectivity index (χ2v) is 7.39. The molecular weight excluding hydrogens is 384 g/mol. The third-order valence-electron chi connectivity index (χ3n) is 5.11. The van der Waals surface area contributed by atoms with Gasteiger partial charge in [-0.05, 0) is 49.1 Å². The molecule has 0 aliphatic carbocycles. The normalized spacial score (nSPS) is 21.0. The Labute approximate surface area is 176 Å². The maximum atomic E-state index is 12.3. The first-order chi connectivity index (χ1) is 14.6. The fourth-order valence-corrected chi connectivity index (χ4v) is 3.55. The molecule has 0 radical (unpaired) electrons. The number of aliphatic hydroxyl groups excluding tert-OH is 1. The fourth-order valence-electron chi connectivity index (χ4n) is 3.55. The Morgan fingerprint density at radius 2 is 1.93 bits per heavy atom. The molecule has 1 aliphatic heterocycles. The average Bonchev–Trinajstić information content (AvgIpc) is 2.76. The molecule has 8 heteroatoms. The lowest BCUT2D eigenvalue weighted by Gasteiger charge is -2.36. The summed E-state index contributed by atoms with van der Waals surface area (Å²) in [4.78, 5) is 32.6. The van der Waals surface area contributed by atoms with Gasteiger partial charge in [-0.1, -0.05) is 6.07 Å². The molecule has 0 aromatic carbocycles. The largest absolute Gasteiger partial charge is 0.394 e. The van der Waals surface area contributed by atoms with Crippen molar-refractivity contribution in [2.45, 2.75) is 50.4 Å². The van der Waals surface area contributed by atoms with E-state index in [9.17, 15) is 14.7 Å². The van der Waals surface area contributed by atoms with Crippen LogP contribution in [-0.2, 0) is 27.2 Å². The minimum absolute atomic E-state index is 0.0802. The maximum absolute atomic E-state index is 12.3. The highest BCUT2D eigenvalue weighted by Gasteiger charge is 2.32. The zero-order chi connectivity index (χ0) is 21.2. The second kappa shape index (κ2) is 11.4. The highest BCUT2D eigenvalue weighted by molar-refractivity contribution is 5.78. The molecule has 3 rings (SSSR count). The van der Waals surface area contributed by atoms with Gasteiger partial charge < -0.3 is 20.5 Å². The summed E-state index contributed by atoms with van der Waals surface area (Å²) < 4.78 is 5.89. The first-order valence-electron chi connectivity index (χ1n) is 10.2. The van der Waals surface area contributed by atoms with Gasteiger partial charge >= 0.3 is 0 Å². The summed E-state index contributed by atoms with van der Waals surface area (Å²) in [5, 5.41) is 15.5. The van der Waals surface area contributed by atoms with E-state index in [1.165, 1.54) is 0 Å².